The third-order valence-electron chi connectivity index (χ3n) is 3.91. The largest absolute Gasteiger partial charge is 0.383 e. The Morgan fingerprint density at radius 2 is 1.92 bits per heavy atom. The van der Waals surface area contributed by atoms with Crippen molar-refractivity contribution in [1.29, 1.82) is 0 Å². The number of nitrogens with one attached hydrogen (secondary N) is 2. The maximum Gasteiger partial charge on any atom is 0.234 e. The Labute approximate surface area is 174 Å². The highest BCUT2D eigenvalue weighted by Gasteiger charge is 2.18. The smallest absolute Gasteiger partial charge is 0.234 e. The molecule has 1 aliphatic rings. The van der Waals surface area contributed by atoms with E-state index in [0.717, 1.165) is 37.6 Å². The number of amides is 1. The molecule has 2 N–H and O–H groups in total. The van der Waals surface area contributed by atoms with E-state index < -0.39 is 0 Å². The summed E-state index contributed by atoms with van der Waals surface area (Å²) in [6.45, 7) is 6.07. The molecule has 26 heavy (non-hydrogen) atoms. The van der Waals surface area contributed by atoms with Crippen molar-refractivity contribution in [2.45, 2.75) is 6.54 Å². The Hall–Kier alpha value is -0.830. The topological polar surface area (TPSA) is 69.7 Å². The highest BCUT2D eigenvalue weighted by atomic mass is 35.5. The van der Waals surface area contributed by atoms with E-state index in [-0.39, 0.29) is 43.1 Å². The number of rotatable bonds is 8. The molecule has 0 aliphatic carbocycles. The molecule has 0 unspecified atom stereocenters. The lowest BCUT2D eigenvalue weighted by Crippen LogP contribution is -2.45. The van der Waals surface area contributed by atoms with Gasteiger partial charge in [0.2, 0.25) is 5.91 Å². The van der Waals surface area contributed by atoms with E-state index in [1.54, 1.807) is 7.11 Å². The quantitative estimate of drug-likeness (QED) is 0.599. The van der Waals surface area contributed by atoms with E-state index in [1.807, 2.05) is 18.3 Å². The fourth-order valence-electron chi connectivity index (χ4n) is 2.50. The molecule has 1 amide bonds. The number of hydrogen-bond donors (Lipinski definition) is 2. The van der Waals surface area contributed by atoms with Gasteiger partial charge in [0.25, 0.3) is 0 Å². The number of carbonyl (C=O) groups is 1. The summed E-state index contributed by atoms with van der Waals surface area (Å²) < 4.78 is 4.93. The number of likely N-dealkylation sites (N-methyl/N-ethyl adjacent to an activating group) is 1. The van der Waals surface area contributed by atoms with E-state index in [9.17, 15) is 4.79 Å². The zero-order valence-electron chi connectivity index (χ0n) is 15.3. The molecule has 0 atom stereocenters. The van der Waals surface area contributed by atoms with E-state index in [4.69, 9.17) is 4.74 Å². The summed E-state index contributed by atoms with van der Waals surface area (Å²) in [5, 5.41) is 5.98. The first-order valence-corrected chi connectivity index (χ1v) is 8.04. The van der Waals surface area contributed by atoms with Crippen LogP contribution in [0, 0.1) is 0 Å². The number of piperazine rings is 1. The SMILES string of the molecule is COCCNCC(=O)NCc1cccnc1N1CCN(C)CC1.Cl.Cl.Cl. The highest BCUT2D eigenvalue weighted by Crippen LogP contribution is 2.18. The molecular formula is C16H30Cl3N5O2. The number of carbonyl (C=O) groups excluding carboxylic acids is 1. The van der Waals surface area contributed by atoms with Crippen LogP contribution in [0.5, 0.6) is 0 Å². The molecule has 7 nitrogen and oxygen atoms in total. The van der Waals surface area contributed by atoms with Crippen molar-refractivity contribution >= 4 is 48.9 Å². The van der Waals surface area contributed by atoms with Gasteiger partial charge in [0.1, 0.15) is 5.82 Å². The van der Waals surface area contributed by atoms with Crippen molar-refractivity contribution in [1.82, 2.24) is 20.5 Å². The van der Waals surface area contributed by atoms with Gasteiger partial charge in [0, 0.05) is 58.1 Å². The first-order chi connectivity index (χ1) is 11.2. The summed E-state index contributed by atoms with van der Waals surface area (Å²) in [6.07, 6.45) is 1.81. The Kier molecular flexibility index (Phi) is 16.1. The second kappa shape index (κ2) is 15.2. The summed E-state index contributed by atoms with van der Waals surface area (Å²) in [6, 6.07) is 3.94. The first kappa shape index (κ1) is 27.4. The third-order valence-corrected chi connectivity index (χ3v) is 3.91. The molecule has 1 aliphatic heterocycles. The van der Waals surface area contributed by atoms with Crippen molar-refractivity contribution in [3.63, 3.8) is 0 Å². The van der Waals surface area contributed by atoms with Gasteiger partial charge in [-0.15, -0.1) is 37.2 Å². The number of hydrogen-bond acceptors (Lipinski definition) is 6. The van der Waals surface area contributed by atoms with Crippen LogP contribution in [-0.4, -0.2) is 75.8 Å². The molecule has 152 valence electrons. The zero-order chi connectivity index (χ0) is 16.5. The van der Waals surface area contributed by atoms with Crippen LogP contribution in [0.4, 0.5) is 5.82 Å². The average molecular weight is 431 g/mol. The predicted octanol–water partition coefficient (Wildman–Crippen LogP) is 0.951. The minimum Gasteiger partial charge on any atom is -0.383 e. The lowest BCUT2D eigenvalue weighted by atomic mass is 10.2. The average Bonchev–Trinajstić information content (AvgIpc) is 2.58. The number of nitrogens with zero attached hydrogens (tertiary/aromatic N) is 3. The number of halogens is 3. The lowest BCUT2D eigenvalue weighted by Gasteiger charge is -2.34. The van der Waals surface area contributed by atoms with Crippen molar-refractivity contribution in [2.75, 3.05) is 64.9 Å². The molecule has 0 spiro atoms. The normalized spacial score (nSPS) is 13.8. The van der Waals surface area contributed by atoms with Gasteiger partial charge in [0.05, 0.1) is 13.2 Å². The summed E-state index contributed by atoms with van der Waals surface area (Å²) >= 11 is 0. The van der Waals surface area contributed by atoms with Crippen molar-refractivity contribution in [3.05, 3.63) is 23.9 Å². The van der Waals surface area contributed by atoms with Crippen LogP contribution in [0.15, 0.2) is 18.3 Å². The maximum atomic E-state index is 11.9. The molecule has 0 bridgehead atoms. The van der Waals surface area contributed by atoms with E-state index in [1.165, 1.54) is 0 Å². The van der Waals surface area contributed by atoms with E-state index in [0.29, 0.717) is 26.2 Å². The number of pyridine rings is 1. The fourth-order valence-corrected chi connectivity index (χ4v) is 2.50. The Morgan fingerprint density at radius 1 is 1.23 bits per heavy atom. The second-order valence-corrected chi connectivity index (χ2v) is 5.72. The Morgan fingerprint density at radius 3 is 2.58 bits per heavy atom. The van der Waals surface area contributed by atoms with Gasteiger partial charge in [0.15, 0.2) is 0 Å². The minimum atomic E-state index is -0.0192. The standard InChI is InChI=1S/C16H27N5O2.3ClH/c1-20-7-9-21(10-8-20)16-14(4-3-5-18-16)12-19-15(22)13-17-6-11-23-2;;;/h3-5,17H,6-13H2,1-2H3,(H,19,22);3*1H. The Balaban J connectivity index is 0. The van der Waals surface area contributed by atoms with Gasteiger partial charge in [-0.2, -0.15) is 0 Å². The third kappa shape index (κ3) is 9.21. The molecule has 1 aromatic rings. The molecule has 1 saturated heterocycles. The molecule has 2 heterocycles. The van der Waals surface area contributed by atoms with Crippen LogP contribution < -0.4 is 15.5 Å². The van der Waals surface area contributed by atoms with Gasteiger partial charge < -0.3 is 25.2 Å². The van der Waals surface area contributed by atoms with Crippen LogP contribution in [0.25, 0.3) is 0 Å². The van der Waals surface area contributed by atoms with Crippen molar-refractivity contribution in [2.24, 2.45) is 0 Å². The van der Waals surface area contributed by atoms with Gasteiger partial charge in [-0.3, -0.25) is 4.79 Å². The van der Waals surface area contributed by atoms with Crippen molar-refractivity contribution < 1.29 is 9.53 Å². The van der Waals surface area contributed by atoms with Crippen LogP contribution in [0.2, 0.25) is 0 Å². The van der Waals surface area contributed by atoms with Crippen molar-refractivity contribution in [3.8, 4) is 0 Å². The number of aromatic nitrogens is 1. The molecule has 2 rings (SSSR count). The number of ether oxygens (including phenoxy) is 1. The highest BCUT2D eigenvalue weighted by molar-refractivity contribution is 5.86. The van der Waals surface area contributed by atoms with Gasteiger partial charge in [-0.05, 0) is 13.1 Å². The molecule has 1 aromatic heterocycles. The van der Waals surface area contributed by atoms with Gasteiger partial charge >= 0.3 is 0 Å². The fraction of sp³-hybridized carbons (Fsp3) is 0.625. The Bertz CT molecular complexity index is 503. The van der Waals surface area contributed by atoms with Gasteiger partial charge in [-0.1, -0.05) is 6.07 Å². The summed E-state index contributed by atoms with van der Waals surface area (Å²) in [7, 11) is 3.78. The monoisotopic (exact) mass is 429 g/mol. The molecule has 10 heteroatoms. The molecular weight excluding hydrogens is 401 g/mol. The molecule has 0 saturated carbocycles. The summed E-state index contributed by atoms with van der Waals surface area (Å²) in [5.41, 5.74) is 1.06. The van der Waals surface area contributed by atoms with Crippen LogP contribution in [0.3, 0.4) is 0 Å². The molecule has 0 aromatic carbocycles. The first-order valence-electron chi connectivity index (χ1n) is 8.04. The predicted molar refractivity (Wildman–Crippen MR) is 112 cm³/mol. The van der Waals surface area contributed by atoms with E-state index in [2.05, 4.69) is 32.5 Å². The molecule has 0 radical (unpaired) electrons. The van der Waals surface area contributed by atoms with Crippen LogP contribution in [0.1, 0.15) is 5.56 Å². The van der Waals surface area contributed by atoms with Crippen LogP contribution in [-0.2, 0) is 16.1 Å². The summed E-state index contributed by atoms with van der Waals surface area (Å²) in [4.78, 5) is 21.0. The zero-order valence-corrected chi connectivity index (χ0v) is 17.7. The summed E-state index contributed by atoms with van der Waals surface area (Å²) in [5.74, 6) is 0.961. The van der Waals surface area contributed by atoms with Crippen LogP contribution >= 0.6 is 37.2 Å². The molecule has 1 fully saturated rings. The number of anilines is 1. The van der Waals surface area contributed by atoms with Gasteiger partial charge in [-0.25, -0.2) is 4.98 Å². The lowest BCUT2D eigenvalue weighted by molar-refractivity contribution is -0.120. The minimum absolute atomic E-state index is 0. The maximum absolute atomic E-state index is 11.9. The van der Waals surface area contributed by atoms with E-state index >= 15 is 0 Å². The number of methoxy groups -OCH3 is 1. The second-order valence-electron chi connectivity index (χ2n) is 5.72.